The molecule has 17 heavy (non-hydrogen) atoms. The molecule has 1 atom stereocenters. The lowest BCUT2D eigenvalue weighted by atomic mass is 10.2. The lowest BCUT2D eigenvalue weighted by Gasteiger charge is -2.12. The van der Waals surface area contributed by atoms with Crippen molar-refractivity contribution in [2.24, 2.45) is 0 Å². The highest BCUT2D eigenvalue weighted by Gasteiger charge is 2.05. The summed E-state index contributed by atoms with van der Waals surface area (Å²) in [7, 11) is 0. The van der Waals surface area contributed by atoms with Crippen LogP contribution in [0, 0.1) is 5.82 Å². The minimum atomic E-state index is -0.316. The zero-order valence-electron chi connectivity index (χ0n) is 9.55. The third-order valence-corrected chi connectivity index (χ3v) is 2.46. The van der Waals surface area contributed by atoms with E-state index in [1.807, 2.05) is 13.1 Å². The molecule has 5 nitrogen and oxygen atoms in total. The van der Waals surface area contributed by atoms with Crippen LogP contribution in [-0.2, 0) is 6.54 Å². The number of nitrogens with one attached hydrogen (secondary N) is 1. The lowest BCUT2D eigenvalue weighted by Crippen LogP contribution is -2.24. The molecule has 2 aromatic heterocycles. The second-order valence-electron chi connectivity index (χ2n) is 3.74. The number of hydrogen-bond acceptors (Lipinski definition) is 4. The summed E-state index contributed by atoms with van der Waals surface area (Å²) in [6.07, 6.45) is 4.68. The van der Waals surface area contributed by atoms with Gasteiger partial charge in [-0.1, -0.05) is 5.21 Å². The van der Waals surface area contributed by atoms with Crippen molar-refractivity contribution in [1.82, 2.24) is 25.3 Å². The molecule has 0 aliphatic heterocycles. The minimum absolute atomic E-state index is 0.0825. The van der Waals surface area contributed by atoms with Crippen molar-refractivity contribution in [1.29, 1.82) is 0 Å². The van der Waals surface area contributed by atoms with Gasteiger partial charge in [0.25, 0.3) is 0 Å². The van der Waals surface area contributed by atoms with E-state index in [4.69, 9.17) is 0 Å². The molecule has 1 unspecified atom stereocenters. The van der Waals surface area contributed by atoms with E-state index < -0.39 is 0 Å². The number of hydrogen-bond donors (Lipinski definition) is 1. The van der Waals surface area contributed by atoms with E-state index in [0.717, 1.165) is 18.8 Å². The molecule has 0 amide bonds. The molecule has 6 heteroatoms. The third kappa shape index (κ3) is 3.32. The standard InChI is InChI=1S/C11H14FN5/c1-9(11-3-2-10(12)8-14-11)13-4-6-17-7-5-15-16-17/h2-3,5,7-9,13H,4,6H2,1H3. The zero-order valence-corrected chi connectivity index (χ0v) is 9.55. The molecule has 0 aromatic carbocycles. The summed E-state index contributed by atoms with van der Waals surface area (Å²) >= 11 is 0. The molecule has 0 saturated heterocycles. The molecule has 2 heterocycles. The molecule has 0 aliphatic rings. The van der Waals surface area contributed by atoms with Gasteiger partial charge < -0.3 is 5.32 Å². The van der Waals surface area contributed by atoms with Crippen molar-refractivity contribution in [2.45, 2.75) is 19.5 Å². The number of halogens is 1. The van der Waals surface area contributed by atoms with Crippen molar-refractivity contribution < 1.29 is 4.39 Å². The Balaban J connectivity index is 1.81. The Kier molecular flexibility index (Phi) is 3.77. The molecule has 0 spiro atoms. The Bertz CT molecular complexity index is 439. The van der Waals surface area contributed by atoms with Gasteiger partial charge in [0.05, 0.1) is 24.6 Å². The molecule has 0 radical (unpaired) electrons. The van der Waals surface area contributed by atoms with Gasteiger partial charge in [-0.05, 0) is 19.1 Å². The van der Waals surface area contributed by atoms with E-state index in [0.29, 0.717) is 0 Å². The quantitative estimate of drug-likeness (QED) is 0.845. The van der Waals surface area contributed by atoms with Crippen molar-refractivity contribution >= 4 is 0 Å². The van der Waals surface area contributed by atoms with Crippen LogP contribution in [0.15, 0.2) is 30.7 Å². The fraction of sp³-hybridized carbons (Fsp3) is 0.364. The van der Waals surface area contributed by atoms with Crippen LogP contribution in [0.25, 0.3) is 0 Å². The van der Waals surface area contributed by atoms with Crippen molar-refractivity contribution in [2.75, 3.05) is 6.54 Å². The maximum absolute atomic E-state index is 12.7. The topological polar surface area (TPSA) is 55.6 Å². The molecule has 90 valence electrons. The number of aromatic nitrogens is 4. The summed E-state index contributed by atoms with van der Waals surface area (Å²) < 4.78 is 14.4. The van der Waals surface area contributed by atoms with Crippen LogP contribution >= 0.6 is 0 Å². The average molecular weight is 235 g/mol. The predicted molar refractivity (Wildman–Crippen MR) is 60.6 cm³/mol. The Labute approximate surface area is 98.7 Å². The first kappa shape index (κ1) is 11.7. The van der Waals surface area contributed by atoms with Gasteiger partial charge in [-0.2, -0.15) is 0 Å². The molecule has 2 rings (SSSR count). The van der Waals surface area contributed by atoms with E-state index in [1.165, 1.54) is 12.3 Å². The molecule has 0 saturated carbocycles. The first-order valence-electron chi connectivity index (χ1n) is 5.44. The van der Waals surface area contributed by atoms with Gasteiger partial charge in [0, 0.05) is 18.8 Å². The third-order valence-electron chi connectivity index (χ3n) is 2.46. The van der Waals surface area contributed by atoms with Crippen LogP contribution in [0.3, 0.4) is 0 Å². The Morgan fingerprint density at radius 2 is 2.35 bits per heavy atom. The zero-order chi connectivity index (χ0) is 12.1. The van der Waals surface area contributed by atoms with Gasteiger partial charge in [-0.25, -0.2) is 4.39 Å². The van der Waals surface area contributed by atoms with Gasteiger partial charge >= 0.3 is 0 Å². The van der Waals surface area contributed by atoms with Gasteiger partial charge in [0.2, 0.25) is 0 Å². The smallest absolute Gasteiger partial charge is 0.141 e. The SMILES string of the molecule is CC(NCCn1ccnn1)c1ccc(F)cn1. The first-order valence-corrected chi connectivity index (χ1v) is 5.44. The van der Waals surface area contributed by atoms with Crippen LogP contribution < -0.4 is 5.32 Å². The van der Waals surface area contributed by atoms with E-state index in [2.05, 4.69) is 20.6 Å². The van der Waals surface area contributed by atoms with Crippen molar-refractivity contribution in [3.05, 3.63) is 42.2 Å². The van der Waals surface area contributed by atoms with Gasteiger partial charge in [-0.3, -0.25) is 9.67 Å². The largest absolute Gasteiger partial charge is 0.307 e. The molecule has 0 fully saturated rings. The van der Waals surface area contributed by atoms with Crippen molar-refractivity contribution in [3.63, 3.8) is 0 Å². The van der Waals surface area contributed by atoms with E-state index in [1.54, 1.807) is 16.9 Å². The summed E-state index contributed by atoms with van der Waals surface area (Å²) in [5, 5.41) is 10.9. The second kappa shape index (κ2) is 5.49. The number of nitrogens with zero attached hydrogens (tertiary/aromatic N) is 4. The van der Waals surface area contributed by atoms with Crippen LogP contribution in [0.2, 0.25) is 0 Å². The number of rotatable bonds is 5. The summed E-state index contributed by atoms with van der Waals surface area (Å²) in [6.45, 7) is 3.48. The average Bonchev–Trinajstić information content (AvgIpc) is 2.83. The van der Waals surface area contributed by atoms with Gasteiger partial charge in [0.1, 0.15) is 5.82 Å². The monoisotopic (exact) mass is 235 g/mol. The summed E-state index contributed by atoms with van der Waals surface area (Å²) in [4.78, 5) is 4.02. The van der Waals surface area contributed by atoms with Crippen LogP contribution in [0.5, 0.6) is 0 Å². The molecular formula is C11H14FN5. The fourth-order valence-electron chi connectivity index (χ4n) is 1.50. The summed E-state index contributed by atoms with van der Waals surface area (Å²) in [6, 6.07) is 3.18. The molecule has 1 N–H and O–H groups in total. The maximum atomic E-state index is 12.7. The Morgan fingerprint density at radius 1 is 1.47 bits per heavy atom. The normalized spacial score (nSPS) is 12.6. The number of pyridine rings is 1. The summed E-state index contributed by atoms with van der Waals surface area (Å²) in [5.41, 5.74) is 0.824. The van der Waals surface area contributed by atoms with Crippen LogP contribution in [-0.4, -0.2) is 26.5 Å². The predicted octanol–water partition coefficient (Wildman–Crippen LogP) is 1.16. The fourth-order valence-corrected chi connectivity index (χ4v) is 1.50. The highest BCUT2D eigenvalue weighted by molar-refractivity contribution is 5.08. The van der Waals surface area contributed by atoms with Crippen molar-refractivity contribution in [3.8, 4) is 0 Å². The Morgan fingerprint density at radius 3 is 3.00 bits per heavy atom. The molecule has 0 bridgehead atoms. The maximum Gasteiger partial charge on any atom is 0.141 e. The van der Waals surface area contributed by atoms with Gasteiger partial charge in [-0.15, -0.1) is 5.10 Å². The van der Waals surface area contributed by atoms with E-state index in [-0.39, 0.29) is 11.9 Å². The summed E-state index contributed by atoms with van der Waals surface area (Å²) in [5.74, 6) is -0.316. The minimum Gasteiger partial charge on any atom is -0.307 e. The highest BCUT2D eigenvalue weighted by atomic mass is 19.1. The van der Waals surface area contributed by atoms with E-state index >= 15 is 0 Å². The van der Waals surface area contributed by atoms with Crippen LogP contribution in [0.1, 0.15) is 18.7 Å². The molecule has 0 aliphatic carbocycles. The first-order chi connectivity index (χ1) is 8.25. The van der Waals surface area contributed by atoms with Crippen LogP contribution in [0.4, 0.5) is 4.39 Å². The molecule has 2 aromatic rings. The van der Waals surface area contributed by atoms with Gasteiger partial charge in [0.15, 0.2) is 0 Å². The molecular weight excluding hydrogens is 221 g/mol. The second-order valence-corrected chi connectivity index (χ2v) is 3.74. The highest BCUT2D eigenvalue weighted by Crippen LogP contribution is 2.08. The lowest BCUT2D eigenvalue weighted by molar-refractivity contribution is 0.492. The Hall–Kier alpha value is -1.82. The van der Waals surface area contributed by atoms with E-state index in [9.17, 15) is 4.39 Å².